The Morgan fingerprint density at radius 3 is 2.44 bits per heavy atom. The van der Waals surface area contributed by atoms with Gasteiger partial charge in [0, 0.05) is 5.56 Å². The van der Waals surface area contributed by atoms with Gasteiger partial charge in [-0.05, 0) is 36.4 Å². The zero-order valence-electron chi connectivity index (χ0n) is 8.35. The van der Waals surface area contributed by atoms with Gasteiger partial charge < -0.3 is 4.42 Å². The van der Waals surface area contributed by atoms with Crippen LogP contribution in [0.1, 0.15) is 0 Å². The minimum atomic E-state index is -0.264. The quantitative estimate of drug-likeness (QED) is 0.616. The summed E-state index contributed by atoms with van der Waals surface area (Å²) in [6.07, 6.45) is 0. The first-order valence-electron chi connectivity index (χ1n) is 4.94. The normalized spacial score (nSPS) is 10.8. The largest absolute Gasteiger partial charge is 0.436 e. The van der Waals surface area contributed by atoms with Crippen LogP contribution in [0.4, 0.5) is 4.39 Å². The summed E-state index contributed by atoms with van der Waals surface area (Å²) in [5.74, 6) is 0.251. The van der Waals surface area contributed by atoms with Crippen LogP contribution >= 0.6 is 0 Å². The molecular weight excluding hydrogens is 205 g/mol. The lowest BCUT2D eigenvalue weighted by Gasteiger charge is -1.93. The van der Waals surface area contributed by atoms with Crippen molar-refractivity contribution in [1.29, 1.82) is 0 Å². The number of fused-ring (bicyclic) bond motifs is 1. The molecule has 3 heteroatoms. The van der Waals surface area contributed by atoms with Gasteiger partial charge in [-0.3, -0.25) is 0 Å². The van der Waals surface area contributed by atoms with E-state index in [1.165, 1.54) is 12.1 Å². The number of hydrogen-bond acceptors (Lipinski definition) is 2. The van der Waals surface area contributed by atoms with Crippen LogP contribution in [0, 0.1) is 5.82 Å². The Balaban J connectivity index is 2.15. The Morgan fingerprint density at radius 2 is 1.69 bits per heavy atom. The molecule has 0 saturated carbocycles. The lowest BCUT2D eigenvalue weighted by Crippen LogP contribution is -1.77. The molecular formula is C13H8FNO. The van der Waals surface area contributed by atoms with Crippen molar-refractivity contribution in [2.45, 2.75) is 0 Å². The third kappa shape index (κ3) is 1.46. The van der Waals surface area contributed by atoms with E-state index < -0.39 is 0 Å². The molecule has 0 aliphatic rings. The average Bonchev–Trinajstić information content (AvgIpc) is 2.73. The van der Waals surface area contributed by atoms with Gasteiger partial charge in [-0.1, -0.05) is 12.1 Å². The molecule has 0 aliphatic heterocycles. The molecule has 2 nitrogen and oxygen atoms in total. The third-order valence-electron chi connectivity index (χ3n) is 2.39. The summed E-state index contributed by atoms with van der Waals surface area (Å²) in [7, 11) is 0. The standard InChI is InChI=1S/C13H8FNO/c14-10-7-5-9(6-8-10)13-15-11-3-1-2-4-12(11)16-13/h1-8H. The van der Waals surface area contributed by atoms with Crippen molar-refractivity contribution < 1.29 is 8.81 Å². The molecule has 0 fully saturated rings. The van der Waals surface area contributed by atoms with Crippen molar-refractivity contribution in [1.82, 2.24) is 4.98 Å². The number of aromatic nitrogens is 1. The zero-order chi connectivity index (χ0) is 11.0. The lowest BCUT2D eigenvalue weighted by atomic mass is 10.2. The molecule has 2 aromatic carbocycles. The molecule has 1 heterocycles. The summed E-state index contributed by atoms with van der Waals surface area (Å²) in [4.78, 5) is 4.32. The van der Waals surface area contributed by atoms with E-state index in [1.807, 2.05) is 24.3 Å². The van der Waals surface area contributed by atoms with E-state index in [-0.39, 0.29) is 5.82 Å². The van der Waals surface area contributed by atoms with E-state index in [9.17, 15) is 4.39 Å². The molecule has 0 radical (unpaired) electrons. The molecule has 16 heavy (non-hydrogen) atoms. The van der Waals surface area contributed by atoms with Gasteiger partial charge in [0.1, 0.15) is 11.3 Å². The number of para-hydroxylation sites is 2. The summed E-state index contributed by atoms with van der Waals surface area (Å²) < 4.78 is 18.3. The second-order valence-electron chi connectivity index (χ2n) is 3.49. The molecule has 78 valence electrons. The molecule has 3 rings (SSSR count). The first-order chi connectivity index (χ1) is 7.83. The number of hydrogen-bond donors (Lipinski definition) is 0. The molecule has 0 amide bonds. The molecule has 1 aromatic heterocycles. The highest BCUT2D eigenvalue weighted by Gasteiger charge is 2.06. The highest BCUT2D eigenvalue weighted by atomic mass is 19.1. The van der Waals surface area contributed by atoms with Crippen LogP contribution in [0.5, 0.6) is 0 Å². The maximum absolute atomic E-state index is 12.8. The topological polar surface area (TPSA) is 26.0 Å². The molecule has 0 bridgehead atoms. The summed E-state index contributed by atoms with van der Waals surface area (Å²) >= 11 is 0. The fraction of sp³-hybridized carbons (Fsp3) is 0. The van der Waals surface area contributed by atoms with E-state index in [0.29, 0.717) is 5.89 Å². The Kier molecular flexibility index (Phi) is 1.96. The number of halogens is 1. The minimum absolute atomic E-state index is 0.264. The Labute approximate surface area is 91.3 Å². The van der Waals surface area contributed by atoms with E-state index >= 15 is 0 Å². The number of nitrogens with zero attached hydrogens (tertiary/aromatic N) is 1. The third-order valence-corrected chi connectivity index (χ3v) is 2.39. The first-order valence-corrected chi connectivity index (χ1v) is 4.94. The number of oxazole rings is 1. The highest BCUT2D eigenvalue weighted by molar-refractivity contribution is 5.75. The molecule has 0 saturated heterocycles. The van der Waals surface area contributed by atoms with E-state index in [0.717, 1.165) is 16.7 Å². The highest BCUT2D eigenvalue weighted by Crippen LogP contribution is 2.23. The van der Waals surface area contributed by atoms with Gasteiger partial charge in [0.2, 0.25) is 5.89 Å². The summed E-state index contributed by atoms with van der Waals surface area (Å²) in [6.45, 7) is 0. The van der Waals surface area contributed by atoms with Crippen LogP contribution in [-0.2, 0) is 0 Å². The number of rotatable bonds is 1. The summed E-state index contributed by atoms with van der Waals surface area (Å²) in [5.41, 5.74) is 2.32. The second-order valence-corrected chi connectivity index (χ2v) is 3.49. The molecule has 0 unspecified atom stereocenters. The predicted octanol–water partition coefficient (Wildman–Crippen LogP) is 3.63. The lowest BCUT2D eigenvalue weighted by molar-refractivity contribution is 0.616. The van der Waals surface area contributed by atoms with Crippen molar-refractivity contribution in [3.63, 3.8) is 0 Å². The molecule has 3 aromatic rings. The van der Waals surface area contributed by atoms with Crippen molar-refractivity contribution >= 4 is 11.1 Å². The van der Waals surface area contributed by atoms with Gasteiger partial charge in [-0.25, -0.2) is 9.37 Å². The maximum atomic E-state index is 12.8. The zero-order valence-corrected chi connectivity index (χ0v) is 8.35. The SMILES string of the molecule is Fc1ccc(-c2nc3ccccc3o2)cc1. The van der Waals surface area contributed by atoms with Gasteiger partial charge in [-0.15, -0.1) is 0 Å². The Morgan fingerprint density at radius 1 is 0.938 bits per heavy atom. The van der Waals surface area contributed by atoms with Crippen LogP contribution in [0.2, 0.25) is 0 Å². The summed E-state index contributed by atoms with van der Waals surface area (Å²) in [6, 6.07) is 13.6. The van der Waals surface area contributed by atoms with Gasteiger partial charge in [0.25, 0.3) is 0 Å². The smallest absolute Gasteiger partial charge is 0.227 e. The Bertz CT molecular complexity index is 595. The van der Waals surface area contributed by atoms with Gasteiger partial charge in [-0.2, -0.15) is 0 Å². The molecule has 0 aliphatic carbocycles. The predicted molar refractivity (Wildman–Crippen MR) is 59.4 cm³/mol. The van der Waals surface area contributed by atoms with Crippen molar-refractivity contribution in [2.75, 3.05) is 0 Å². The first kappa shape index (κ1) is 9.09. The van der Waals surface area contributed by atoms with E-state index in [1.54, 1.807) is 12.1 Å². The van der Waals surface area contributed by atoms with Crippen LogP contribution in [0.25, 0.3) is 22.6 Å². The van der Waals surface area contributed by atoms with Crippen LogP contribution in [0.15, 0.2) is 52.9 Å². The van der Waals surface area contributed by atoms with E-state index in [4.69, 9.17) is 4.42 Å². The van der Waals surface area contributed by atoms with Crippen LogP contribution in [0.3, 0.4) is 0 Å². The Hall–Kier alpha value is -2.16. The van der Waals surface area contributed by atoms with Gasteiger partial charge in [0.15, 0.2) is 5.58 Å². The number of benzene rings is 2. The average molecular weight is 213 g/mol. The molecule has 0 atom stereocenters. The fourth-order valence-electron chi connectivity index (χ4n) is 1.59. The molecule has 0 N–H and O–H groups in total. The summed E-state index contributed by atoms with van der Waals surface area (Å²) in [5, 5.41) is 0. The monoisotopic (exact) mass is 213 g/mol. The van der Waals surface area contributed by atoms with Gasteiger partial charge >= 0.3 is 0 Å². The van der Waals surface area contributed by atoms with Crippen LogP contribution in [-0.4, -0.2) is 4.98 Å². The van der Waals surface area contributed by atoms with Gasteiger partial charge in [0.05, 0.1) is 0 Å². The van der Waals surface area contributed by atoms with Crippen LogP contribution < -0.4 is 0 Å². The minimum Gasteiger partial charge on any atom is -0.436 e. The van der Waals surface area contributed by atoms with Crippen molar-refractivity contribution in [2.24, 2.45) is 0 Å². The fourth-order valence-corrected chi connectivity index (χ4v) is 1.59. The second kappa shape index (κ2) is 3.45. The maximum Gasteiger partial charge on any atom is 0.227 e. The van der Waals surface area contributed by atoms with Crippen molar-refractivity contribution in [3.8, 4) is 11.5 Å². The van der Waals surface area contributed by atoms with Crippen molar-refractivity contribution in [3.05, 3.63) is 54.3 Å². The van der Waals surface area contributed by atoms with E-state index in [2.05, 4.69) is 4.98 Å². The molecule has 0 spiro atoms.